The van der Waals surface area contributed by atoms with Gasteiger partial charge in [-0.15, -0.1) is 0 Å². The van der Waals surface area contributed by atoms with Gasteiger partial charge in [0.2, 0.25) is 0 Å². The van der Waals surface area contributed by atoms with Crippen LogP contribution in [0.3, 0.4) is 0 Å². The van der Waals surface area contributed by atoms with E-state index in [0.29, 0.717) is 23.7 Å². The topological polar surface area (TPSA) is 69.3 Å². The second kappa shape index (κ2) is 8.43. The quantitative estimate of drug-likeness (QED) is 0.504. The van der Waals surface area contributed by atoms with Crippen molar-refractivity contribution in [1.82, 2.24) is 9.78 Å². The summed E-state index contributed by atoms with van der Waals surface area (Å²) in [6, 6.07) is 18.4. The molecule has 4 rings (SSSR count). The third kappa shape index (κ3) is 4.90. The second-order valence-corrected chi connectivity index (χ2v) is 6.37. The number of hydrogen-bond acceptors (Lipinski definition) is 4. The summed E-state index contributed by atoms with van der Waals surface area (Å²) >= 11 is 0. The highest BCUT2D eigenvalue weighted by molar-refractivity contribution is 6.02. The fourth-order valence-electron chi connectivity index (χ4n) is 2.78. The molecule has 2 heterocycles. The molecule has 2 aromatic carbocycles. The molecule has 7 heteroatoms. The lowest BCUT2D eigenvalue weighted by molar-refractivity contribution is 0.0992. The lowest BCUT2D eigenvalue weighted by Crippen LogP contribution is -2.11. The van der Waals surface area contributed by atoms with Gasteiger partial charge < -0.3 is 14.5 Å². The number of furan rings is 1. The summed E-state index contributed by atoms with van der Waals surface area (Å²) in [6.45, 7) is 0.751. The van der Waals surface area contributed by atoms with Crippen LogP contribution in [0.4, 0.5) is 10.1 Å². The van der Waals surface area contributed by atoms with Crippen molar-refractivity contribution in [3.8, 4) is 5.75 Å². The van der Waals surface area contributed by atoms with Gasteiger partial charge in [-0.1, -0.05) is 12.1 Å². The van der Waals surface area contributed by atoms with Crippen LogP contribution in [-0.4, -0.2) is 15.7 Å². The lowest BCUT2D eigenvalue weighted by Gasteiger charge is -2.07. The zero-order valence-corrected chi connectivity index (χ0v) is 15.4. The van der Waals surface area contributed by atoms with Crippen molar-refractivity contribution in [2.24, 2.45) is 0 Å². The molecular formula is C22H18FN3O3. The van der Waals surface area contributed by atoms with E-state index < -0.39 is 0 Å². The number of hydrogen-bond donors (Lipinski definition) is 1. The van der Waals surface area contributed by atoms with E-state index >= 15 is 0 Å². The van der Waals surface area contributed by atoms with Crippen LogP contribution < -0.4 is 10.1 Å². The van der Waals surface area contributed by atoms with Crippen LogP contribution in [0, 0.1) is 5.82 Å². The highest BCUT2D eigenvalue weighted by atomic mass is 19.1. The van der Waals surface area contributed by atoms with Gasteiger partial charge in [0, 0.05) is 18.1 Å². The smallest absolute Gasteiger partial charge is 0.291 e. The summed E-state index contributed by atoms with van der Waals surface area (Å²) in [5.41, 5.74) is 1.68. The van der Waals surface area contributed by atoms with E-state index in [1.54, 1.807) is 23.0 Å². The number of rotatable bonds is 7. The van der Waals surface area contributed by atoms with Crippen molar-refractivity contribution in [3.05, 3.63) is 102 Å². The van der Waals surface area contributed by atoms with Gasteiger partial charge in [0.1, 0.15) is 23.9 Å². The minimum absolute atomic E-state index is 0.137. The first-order valence-corrected chi connectivity index (χ1v) is 9.00. The monoisotopic (exact) mass is 391 g/mol. The van der Waals surface area contributed by atoms with Crippen LogP contribution in [0.1, 0.15) is 21.9 Å². The number of benzene rings is 2. The molecule has 146 valence electrons. The van der Waals surface area contributed by atoms with Gasteiger partial charge in [-0.25, -0.2) is 4.39 Å². The molecule has 4 aromatic rings. The summed E-state index contributed by atoms with van der Waals surface area (Å²) in [6.07, 6.45) is 3.60. The summed E-state index contributed by atoms with van der Waals surface area (Å²) in [5.74, 6) is 0.507. The maximum absolute atomic E-state index is 12.9. The molecule has 0 unspecified atom stereocenters. The highest BCUT2D eigenvalue weighted by Gasteiger charge is 2.12. The first kappa shape index (κ1) is 18.5. The van der Waals surface area contributed by atoms with Crippen LogP contribution in [0.15, 0.2) is 83.5 Å². The van der Waals surface area contributed by atoms with E-state index in [9.17, 15) is 9.18 Å². The van der Waals surface area contributed by atoms with E-state index in [4.69, 9.17) is 9.15 Å². The average molecular weight is 391 g/mol. The predicted octanol–water partition coefficient (Wildman–Crippen LogP) is 4.49. The van der Waals surface area contributed by atoms with Crippen molar-refractivity contribution >= 4 is 11.6 Å². The molecule has 1 amide bonds. The zero-order chi connectivity index (χ0) is 20.1. The molecule has 29 heavy (non-hydrogen) atoms. The Morgan fingerprint density at radius 3 is 2.76 bits per heavy atom. The number of nitrogens with one attached hydrogen (secondary N) is 1. The van der Waals surface area contributed by atoms with Crippen molar-refractivity contribution in [2.75, 3.05) is 5.32 Å². The van der Waals surface area contributed by atoms with E-state index in [2.05, 4.69) is 10.4 Å². The molecule has 0 fully saturated rings. The summed E-state index contributed by atoms with van der Waals surface area (Å²) in [7, 11) is 0. The van der Waals surface area contributed by atoms with Crippen LogP contribution in [0.2, 0.25) is 0 Å². The Labute approximate surface area is 166 Å². The molecule has 0 saturated carbocycles. The Hall–Kier alpha value is -3.87. The summed E-state index contributed by atoms with van der Waals surface area (Å²) in [5, 5.41) is 7.01. The second-order valence-electron chi connectivity index (χ2n) is 6.37. The highest BCUT2D eigenvalue weighted by Crippen LogP contribution is 2.17. The van der Waals surface area contributed by atoms with Crippen molar-refractivity contribution < 1.29 is 18.3 Å². The minimum Gasteiger partial charge on any atom is -0.486 e. The fraction of sp³-hybridized carbons (Fsp3) is 0.0909. The molecule has 0 spiro atoms. The summed E-state index contributed by atoms with van der Waals surface area (Å²) < 4.78 is 25.8. The van der Waals surface area contributed by atoms with Gasteiger partial charge >= 0.3 is 0 Å². The molecule has 0 aliphatic rings. The molecule has 2 aromatic heterocycles. The Balaban J connectivity index is 1.36. The van der Waals surface area contributed by atoms with Gasteiger partial charge in [0.25, 0.3) is 5.91 Å². The maximum atomic E-state index is 12.9. The third-order valence-electron chi connectivity index (χ3n) is 4.17. The number of ether oxygens (including phenoxy) is 1. The number of carbonyl (C=O) groups is 1. The van der Waals surface area contributed by atoms with Crippen molar-refractivity contribution in [2.45, 2.75) is 13.2 Å². The molecule has 0 saturated heterocycles. The minimum atomic E-state index is -0.353. The van der Waals surface area contributed by atoms with Crippen LogP contribution in [0.5, 0.6) is 5.75 Å². The van der Waals surface area contributed by atoms with E-state index in [1.165, 1.54) is 24.3 Å². The van der Waals surface area contributed by atoms with Gasteiger partial charge in [-0.05, 0) is 60.2 Å². The van der Waals surface area contributed by atoms with Crippen LogP contribution in [0.25, 0.3) is 0 Å². The zero-order valence-electron chi connectivity index (χ0n) is 15.4. The number of anilines is 1. The first-order chi connectivity index (χ1) is 14.2. The Bertz CT molecular complexity index is 1090. The standard InChI is InChI=1S/C22H18FN3O3/c23-17-5-7-19(8-6-17)28-15-20-9-10-21(29-20)22(27)25-18-4-1-3-16(13-18)14-26-12-2-11-24-26/h1-13H,14-15H2,(H,25,27). The molecule has 6 nitrogen and oxygen atoms in total. The molecule has 1 N–H and O–H groups in total. The van der Waals surface area contributed by atoms with Crippen LogP contribution >= 0.6 is 0 Å². The lowest BCUT2D eigenvalue weighted by atomic mass is 10.2. The van der Waals surface area contributed by atoms with Gasteiger partial charge in [-0.3, -0.25) is 9.48 Å². The Morgan fingerprint density at radius 1 is 1.10 bits per heavy atom. The molecule has 0 atom stereocenters. The average Bonchev–Trinajstić information content (AvgIpc) is 3.40. The molecular weight excluding hydrogens is 373 g/mol. The molecule has 0 bridgehead atoms. The molecule has 0 radical (unpaired) electrons. The van der Waals surface area contributed by atoms with Gasteiger partial charge in [0.15, 0.2) is 5.76 Å². The number of halogens is 1. The first-order valence-electron chi connectivity index (χ1n) is 9.00. The number of nitrogens with zero attached hydrogens (tertiary/aromatic N) is 2. The van der Waals surface area contributed by atoms with Gasteiger partial charge in [-0.2, -0.15) is 5.10 Å². The fourth-order valence-corrected chi connectivity index (χ4v) is 2.78. The normalized spacial score (nSPS) is 10.7. The van der Waals surface area contributed by atoms with Crippen LogP contribution in [-0.2, 0) is 13.2 Å². The van der Waals surface area contributed by atoms with Crippen molar-refractivity contribution in [1.29, 1.82) is 0 Å². The molecule has 0 aliphatic heterocycles. The number of amides is 1. The SMILES string of the molecule is O=C(Nc1cccc(Cn2cccn2)c1)c1ccc(COc2ccc(F)cc2)o1. The molecule has 0 aliphatic carbocycles. The number of aromatic nitrogens is 2. The number of carbonyl (C=O) groups excluding carboxylic acids is 1. The predicted molar refractivity (Wildman–Crippen MR) is 105 cm³/mol. The van der Waals surface area contributed by atoms with E-state index in [-0.39, 0.29) is 24.1 Å². The van der Waals surface area contributed by atoms with E-state index in [1.807, 2.05) is 36.5 Å². The largest absolute Gasteiger partial charge is 0.486 e. The third-order valence-corrected chi connectivity index (χ3v) is 4.17. The van der Waals surface area contributed by atoms with E-state index in [0.717, 1.165) is 5.56 Å². The van der Waals surface area contributed by atoms with Crippen molar-refractivity contribution in [3.63, 3.8) is 0 Å². The Morgan fingerprint density at radius 2 is 1.97 bits per heavy atom. The maximum Gasteiger partial charge on any atom is 0.291 e. The van der Waals surface area contributed by atoms with Gasteiger partial charge in [0.05, 0.1) is 6.54 Å². The Kier molecular flexibility index (Phi) is 5.38. The summed E-state index contributed by atoms with van der Waals surface area (Å²) in [4.78, 5) is 12.5.